The highest BCUT2D eigenvalue weighted by atomic mass is 35.5. The Bertz CT molecular complexity index is 767. The van der Waals surface area contributed by atoms with Gasteiger partial charge in [-0.25, -0.2) is 4.98 Å². The summed E-state index contributed by atoms with van der Waals surface area (Å²) in [7, 11) is 0. The van der Waals surface area contributed by atoms with E-state index in [0.717, 1.165) is 48.2 Å². The summed E-state index contributed by atoms with van der Waals surface area (Å²) in [6.07, 6.45) is 3.68. The Hall–Kier alpha value is -1.92. The number of nitrogens with two attached hydrogens (primary N) is 1. The van der Waals surface area contributed by atoms with Crippen LogP contribution in [0.4, 0.5) is 11.8 Å². The minimum absolute atomic E-state index is 0.145. The van der Waals surface area contributed by atoms with E-state index < -0.39 is 0 Å². The van der Waals surface area contributed by atoms with Crippen LogP contribution >= 0.6 is 11.6 Å². The fourth-order valence-electron chi connectivity index (χ4n) is 3.47. The first-order valence-corrected chi connectivity index (χ1v) is 9.06. The van der Waals surface area contributed by atoms with Crippen LogP contribution in [0.25, 0.3) is 11.1 Å². The van der Waals surface area contributed by atoms with Crippen molar-refractivity contribution in [1.29, 1.82) is 0 Å². The number of nitrogens with one attached hydrogen (secondary N) is 1. The number of halogens is 1. The zero-order valence-electron chi connectivity index (χ0n) is 14.6. The molecule has 0 radical (unpaired) electrons. The van der Waals surface area contributed by atoms with Gasteiger partial charge < -0.3 is 16.2 Å². The van der Waals surface area contributed by atoms with Gasteiger partial charge in [0, 0.05) is 29.6 Å². The third-order valence-electron chi connectivity index (χ3n) is 4.74. The highest BCUT2D eigenvalue weighted by Gasteiger charge is 2.26. The summed E-state index contributed by atoms with van der Waals surface area (Å²) < 4.78 is 0. The smallest absolute Gasteiger partial charge is 0.223 e. The number of aliphatic hydroxyl groups excluding tert-OH is 1. The van der Waals surface area contributed by atoms with Gasteiger partial charge in [-0.2, -0.15) is 4.98 Å². The minimum Gasteiger partial charge on any atom is -0.396 e. The van der Waals surface area contributed by atoms with E-state index in [1.165, 1.54) is 0 Å². The number of nitrogens with zero attached hydrogens (tertiary/aromatic N) is 3. The predicted octanol–water partition coefficient (Wildman–Crippen LogP) is 3.22. The van der Waals surface area contributed by atoms with E-state index in [2.05, 4.69) is 27.2 Å². The van der Waals surface area contributed by atoms with E-state index in [0.29, 0.717) is 16.9 Å². The van der Waals surface area contributed by atoms with Gasteiger partial charge in [0.05, 0.1) is 5.56 Å². The summed E-state index contributed by atoms with van der Waals surface area (Å²) in [5.74, 6) is 1.12. The quantitative estimate of drug-likeness (QED) is 0.707. The number of rotatable bonds is 5. The molecule has 0 saturated heterocycles. The average Bonchev–Trinajstić information content (AvgIpc) is 3.03. The number of anilines is 2. The molecule has 1 saturated carbocycles. The molecule has 2 heterocycles. The first-order chi connectivity index (χ1) is 12.0. The standard InChI is InChI=1S/C18H24ClN5O/c1-3-14-13(7-4-10(2)21-14)15-16(19)23-18(20)24-17(15)22-12-6-5-11(8-12)9-25/h4,7,11-12,25H,3,5-6,8-9H2,1-2H3,(H3,20,22,23,24)/t11-,12+/m1/s1. The Balaban J connectivity index is 2.02. The van der Waals surface area contributed by atoms with Crippen LogP contribution in [-0.4, -0.2) is 32.7 Å². The molecule has 2 atom stereocenters. The number of pyridine rings is 1. The lowest BCUT2D eigenvalue weighted by molar-refractivity contribution is 0.229. The monoisotopic (exact) mass is 361 g/mol. The second kappa shape index (κ2) is 7.54. The normalized spacial score (nSPS) is 20.0. The maximum absolute atomic E-state index is 9.36. The van der Waals surface area contributed by atoms with Crippen LogP contribution in [0, 0.1) is 12.8 Å². The maximum Gasteiger partial charge on any atom is 0.223 e. The number of aliphatic hydroxyl groups is 1. The van der Waals surface area contributed by atoms with Gasteiger partial charge in [-0.05, 0) is 44.6 Å². The van der Waals surface area contributed by atoms with Gasteiger partial charge in [0.2, 0.25) is 5.95 Å². The maximum atomic E-state index is 9.36. The van der Waals surface area contributed by atoms with Crippen molar-refractivity contribution in [2.75, 3.05) is 17.7 Å². The molecule has 25 heavy (non-hydrogen) atoms. The van der Waals surface area contributed by atoms with Crippen LogP contribution in [0.2, 0.25) is 5.15 Å². The van der Waals surface area contributed by atoms with Crippen LogP contribution < -0.4 is 11.1 Å². The highest BCUT2D eigenvalue weighted by molar-refractivity contribution is 6.32. The zero-order valence-corrected chi connectivity index (χ0v) is 15.3. The summed E-state index contributed by atoms with van der Waals surface area (Å²) in [6.45, 7) is 4.25. The molecule has 1 aliphatic carbocycles. The van der Waals surface area contributed by atoms with E-state index in [9.17, 15) is 5.11 Å². The molecule has 3 rings (SSSR count). The van der Waals surface area contributed by atoms with Crippen molar-refractivity contribution in [1.82, 2.24) is 15.0 Å². The molecular formula is C18H24ClN5O. The van der Waals surface area contributed by atoms with Crippen molar-refractivity contribution in [3.63, 3.8) is 0 Å². The van der Waals surface area contributed by atoms with Crippen LogP contribution in [-0.2, 0) is 6.42 Å². The molecule has 0 amide bonds. The third-order valence-corrected chi connectivity index (χ3v) is 5.01. The Morgan fingerprint density at radius 2 is 2.08 bits per heavy atom. The number of hydrogen-bond donors (Lipinski definition) is 3. The Labute approximate surface area is 152 Å². The number of hydrogen-bond acceptors (Lipinski definition) is 6. The van der Waals surface area contributed by atoms with Crippen LogP contribution in [0.1, 0.15) is 37.6 Å². The van der Waals surface area contributed by atoms with Crippen molar-refractivity contribution in [3.8, 4) is 11.1 Å². The van der Waals surface area contributed by atoms with Gasteiger partial charge in [-0.1, -0.05) is 24.6 Å². The predicted molar refractivity (Wildman–Crippen MR) is 101 cm³/mol. The second-order valence-electron chi connectivity index (χ2n) is 6.60. The molecule has 0 aliphatic heterocycles. The van der Waals surface area contributed by atoms with Gasteiger partial charge in [0.1, 0.15) is 11.0 Å². The average molecular weight is 362 g/mol. The lowest BCUT2D eigenvalue weighted by atomic mass is 10.0. The van der Waals surface area contributed by atoms with Gasteiger partial charge in [0.15, 0.2) is 0 Å². The largest absolute Gasteiger partial charge is 0.396 e. The molecule has 0 spiro atoms. The molecular weight excluding hydrogens is 338 g/mol. The lowest BCUT2D eigenvalue weighted by Gasteiger charge is -2.19. The van der Waals surface area contributed by atoms with Crippen molar-refractivity contribution in [2.24, 2.45) is 5.92 Å². The van der Waals surface area contributed by atoms with Gasteiger partial charge in [-0.15, -0.1) is 0 Å². The highest BCUT2D eigenvalue weighted by Crippen LogP contribution is 2.37. The number of nitrogen functional groups attached to an aromatic ring is 1. The van der Waals surface area contributed by atoms with Gasteiger partial charge in [0.25, 0.3) is 0 Å². The molecule has 2 aromatic rings. The summed E-state index contributed by atoms with van der Waals surface area (Å²) in [5, 5.41) is 13.2. The van der Waals surface area contributed by atoms with E-state index in [4.69, 9.17) is 17.3 Å². The zero-order chi connectivity index (χ0) is 18.0. The summed E-state index contributed by atoms with van der Waals surface area (Å²) in [5.41, 5.74) is 9.42. The SMILES string of the molecule is CCc1nc(C)ccc1-c1c(Cl)nc(N)nc1N[C@H]1CC[C@@H](CO)C1. The molecule has 0 aromatic carbocycles. The van der Waals surface area contributed by atoms with Crippen molar-refractivity contribution >= 4 is 23.4 Å². The molecule has 4 N–H and O–H groups in total. The number of aromatic nitrogens is 3. The molecule has 134 valence electrons. The Morgan fingerprint density at radius 3 is 2.76 bits per heavy atom. The van der Waals surface area contributed by atoms with Crippen LogP contribution in [0.15, 0.2) is 12.1 Å². The molecule has 7 heteroatoms. The van der Waals surface area contributed by atoms with Gasteiger partial charge in [-0.3, -0.25) is 4.98 Å². The summed E-state index contributed by atoms with van der Waals surface area (Å²) in [6, 6.07) is 4.21. The lowest BCUT2D eigenvalue weighted by Crippen LogP contribution is -2.19. The van der Waals surface area contributed by atoms with Crippen molar-refractivity contribution in [3.05, 3.63) is 28.7 Å². The number of aryl methyl sites for hydroxylation is 2. The van der Waals surface area contributed by atoms with Crippen molar-refractivity contribution < 1.29 is 5.11 Å². The van der Waals surface area contributed by atoms with Crippen LogP contribution in [0.3, 0.4) is 0 Å². The Kier molecular flexibility index (Phi) is 5.39. The molecule has 2 aromatic heterocycles. The summed E-state index contributed by atoms with van der Waals surface area (Å²) in [4.78, 5) is 13.2. The fourth-order valence-corrected chi connectivity index (χ4v) is 3.74. The van der Waals surface area contributed by atoms with E-state index in [1.807, 2.05) is 19.1 Å². The first-order valence-electron chi connectivity index (χ1n) is 8.69. The fraction of sp³-hybridized carbons (Fsp3) is 0.500. The van der Waals surface area contributed by atoms with E-state index >= 15 is 0 Å². The molecule has 6 nitrogen and oxygen atoms in total. The second-order valence-corrected chi connectivity index (χ2v) is 6.96. The minimum atomic E-state index is 0.145. The topological polar surface area (TPSA) is 97.0 Å². The third kappa shape index (κ3) is 3.85. The molecule has 0 bridgehead atoms. The molecule has 0 unspecified atom stereocenters. The van der Waals surface area contributed by atoms with Crippen molar-refractivity contribution in [2.45, 2.75) is 45.6 Å². The molecule has 1 aliphatic rings. The molecule has 1 fully saturated rings. The van der Waals surface area contributed by atoms with Gasteiger partial charge >= 0.3 is 0 Å². The first kappa shape index (κ1) is 17.9. The van der Waals surface area contributed by atoms with Crippen LogP contribution in [0.5, 0.6) is 0 Å². The van der Waals surface area contributed by atoms with E-state index in [1.54, 1.807) is 0 Å². The summed E-state index contributed by atoms with van der Waals surface area (Å²) >= 11 is 6.44. The Morgan fingerprint density at radius 1 is 1.28 bits per heavy atom. The van der Waals surface area contributed by atoms with E-state index in [-0.39, 0.29) is 18.6 Å².